The van der Waals surface area contributed by atoms with Crippen LogP contribution >= 0.6 is 0 Å². The zero-order valence-corrected chi connectivity index (χ0v) is 12.5. The lowest BCUT2D eigenvalue weighted by Gasteiger charge is -2.31. The van der Waals surface area contributed by atoms with Gasteiger partial charge in [-0.2, -0.15) is 0 Å². The van der Waals surface area contributed by atoms with Crippen LogP contribution < -0.4 is 16.4 Å². The smallest absolute Gasteiger partial charge is 0.321 e. The Balaban J connectivity index is 1.67. The van der Waals surface area contributed by atoms with E-state index in [-0.39, 0.29) is 30.6 Å². The quantitative estimate of drug-likeness (QED) is 0.668. The number of amides is 3. The van der Waals surface area contributed by atoms with Crippen LogP contribution in [0.3, 0.4) is 0 Å². The summed E-state index contributed by atoms with van der Waals surface area (Å²) in [6.07, 6.45) is 5.51. The summed E-state index contributed by atoms with van der Waals surface area (Å²) in [4.78, 5) is 25.6. The third-order valence-electron chi connectivity index (χ3n) is 4.05. The first kappa shape index (κ1) is 16.2. The van der Waals surface area contributed by atoms with E-state index in [1.165, 1.54) is 6.42 Å². The van der Waals surface area contributed by atoms with Gasteiger partial charge in [-0.1, -0.05) is 19.3 Å². The molecule has 1 saturated heterocycles. The molecule has 120 valence electrons. The van der Waals surface area contributed by atoms with Crippen LogP contribution in [0.4, 0.5) is 4.79 Å². The second kappa shape index (κ2) is 8.31. The number of ether oxygens (including phenoxy) is 1. The van der Waals surface area contributed by atoms with Gasteiger partial charge in [0.25, 0.3) is 0 Å². The summed E-state index contributed by atoms with van der Waals surface area (Å²) in [6.45, 7) is 2.55. The van der Waals surface area contributed by atoms with Crippen molar-refractivity contribution in [2.75, 3.05) is 32.8 Å². The van der Waals surface area contributed by atoms with E-state index in [2.05, 4.69) is 10.6 Å². The predicted molar refractivity (Wildman–Crippen MR) is 78.8 cm³/mol. The topological polar surface area (TPSA) is 96.7 Å². The molecule has 21 heavy (non-hydrogen) atoms. The molecular formula is C14H26N4O3. The molecule has 0 aromatic rings. The summed E-state index contributed by atoms with van der Waals surface area (Å²) in [6, 6.07) is -0.174. The van der Waals surface area contributed by atoms with Crippen molar-refractivity contribution in [1.29, 1.82) is 0 Å². The summed E-state index contributed by atoms with van der Waals surface area (Å²) < 4.78 is 5.44. The number of morpholine rings is 1. The fraction of sp³-hybridized carbons (Fsp3) is 0.857. The lowest BCUT2D eigenvalue weighted by molar-refractivity contribution is -0.123. The Morgan fingerprint density at radius 2 is 2.00 bits per heavy atom. The Morgan fingerprint density at radius 3 is 2.71 bits per heavy atom. The van der Waals surface area contributed by atoms with Crippen LogP contribution in [0.1, 0.15) is 32.1 Å². The molecule has 4 N–H and O–H groups in total. The minimum atomic E-state index is -0.379. The number of nitrogens with zero attached hydrogens (tertiary/aromatic N) is 1. The lowest BCUT2D eigenvalue weighted by atomic mass is 9.96. The first-order valence-electron chi connectivity index (χ1n) is 7.81. The maximum Gasteiger partial charge on any atom is 0.321 e. The number of carbonyl (C=O) groups excluding carboxylic acids is 2. The van der Waals surface area contributed by atoms with Crippen molar-refractivity contribution in [2.24, 2.45) is 5.73 Å². The van der Waals surface area contributed by atoms with Crippen LogP contribution in [-0.4, -0.2) is 61.8 Å². The third-order valence-corrected chi connectivity index (χ3v) is 4.05. The highest BCUT2D eigenvalue weighted by Gasteiger charge is 2.22. The minimum absolute atomic E-state index is 0.0254. The molecule has 1 atom stereocenters. The molecule has 2 rings (SSSR count). The molecule has 0 spiro atoms. The fourth-order valence-electron chi connectivity index (χ4n) is 2.90. The van der Waals surface area contributed by atoms with Crippen molar-refractivity contribution in [1.82, 2.24) is 15.5 Å². The van der Waals surface area contributed by atoms with Gasteiger partial charge in [-0.3, -0.25) is 15.0 Å². The minimum Gasteiger partial charge on any atom is -0.374 e. The normalized spacial score (nSPS) is 24.5. The molecule has 1 heterocycles. The van der Waals surface area contributed by atoms with E-state index in [4.69, 9.17) is 10.5 Å². The number of imide groups is 1. The molecular weight excluding hydrogens is 272 g/mol. The third kappa shape index (κ3) is 5.61. The summed E-state index contributed by atoms with van der Waals surface area (Å²) in [5.74, 6) is -0.277. The predicted octanol–water partition coefficient (Wildman–Crippen LogP) is -0.196. The summed E-state index contributed by atoms with van der Waals surface area (Å²) in [7, 11) is 0. The van der Waals surface area contributed by atoms with E-state index < -0.39 is 0 Å². The molecule has 0 aromatic heterocycles. The second-order valence-electron chi connectivity index (χ2n) is 5.82. The monoisotopic (exact) mass is 298 g/mol. The van der Waals surface area contributed by atoms with Crippen molar-refractivity contribution in [3.8, 4) is 0 Å². The molecule has 7 heteroatoms. The maximum atomic E-state index is 11.9. The van der Waals surface area contributed by atoms with E-state index >= 15 is 0 Å². The molecule has 2 fully saturated rings. The van der Waals surface area contributed by atoms with Crippen molar-refractivity contribution in [3.05, 3.63) is 0 Å². The number of urea groups is 1. The molecule has 1 saturated carbocycles. The molecule has 2 aliphatic rings. The summed E-state index contributed by atoms with van der Waals surface area (Å²) in [5, 5.41) is 5.28. The van der Waals surface area contributed by atoms with Gasteiger partial charge in [0.2, 0.25) is 5.91 Å². The van der Waals surface area contributed by atoms with E-state index in [1.807, 2.05) is 4.90 Å². The molecule has 0 radical (unpaired) electrons. The zero-order chi connectivity index (χ0) is 15.1. The largest absolute Gasteiger partial charge is 0.374 e. The summed E-state index contributed by atoms with van der Waals surface area (Å²) >= 11 is 0. The average molecular weight is 298 g/mol. The highest BCUT2D eigenvalue weighted by atomic mass is 16.5. The van der Waals surface area contributed by atoms with Crippen LogP contribution in [0.5, 0.6) is 0 Å². The van der Waals surface area contributed by atoms with E-state index in [1.54, 1.807) is 0 Å². The molecule has 0 aromatic carbocycles. The molecule has 1 aliphatic heterocycles. The highest BCUT2D eigenvalue weighted by Crippen LogP contribution is 2.17. The van der Waals surface area contributed by atoms with Crippen LogP contribution in [-0.2, 0) is 9.53 Å². The molecule has 1 unspecified atom stereocenters. The Labute approximate surface area is 125 Å². The number of hydrogen-bond donors (Lipinski definition) is 3. The van der Waals surface area contributed by atoms with Crippen molar-refractivity contribution >= 4 is 11.9 Å². The van der Waals surface area contributed by atoms with Gasteiger partial charge < -0.3 is 15.8 Å². The van der Waals surface area contributed by atoms with Gasteiger partial charge >= 0.3 is 6.03 Å². The second-order valence-corrected chi connectivity index (χ2v) is 5.82. The highest BCUT2D eigenvalue weighted by molar-refractivity contribution is 5.95. The average Bonchev–Trinajstić information content (AvgIpc) is 2.48. The maximum absolute atomic E-state index is 11.9. The first-order chi connectivity index (χ1) is 10.2. The number of carbonyl (C=O) groups is 2. The standard InChI is InChI=1S/C14H26N4O3/c15-8-12-9-18(6-7-21-12)10-13(19)17-14(20)16-11-4-2-1-3-5-11/h11-12H,1-10,15H2,(H2,16,17,19,20). The lowest BCUT2D eigenvalue weighted by Crippen LogP contribution is -2.51. The number of nitrogens with two attached hydrogens (primary N) is 1. The van der Waals surface area contributed by atoms with Crippen LogP contribution in [0.2, 0.25) is 0 Å². The van der Waals surface area contributed by atoms with Crippen molar-refractivity contribution < 1.29 is 14.3 Å². The molecule has 0 bridgehead atoms. The summed E-state index contributed by atoms with van der Waals surface area (Å²) in [5.41, 5.74) is 5.56. The van der Waals surface area contributed by atoms with Gasteiger partial charge in [0, 0.05) is 25.7 Å². The van der Waals surface area contributed by atoms with Crippen molar-refractivity contribution in [3.63, 3.8) is 0 Å². The van der Waals surface area contributed by atoms with Gasteiger partial charge in [-0.05, 0) is 12.8 Å². The zero-order valence-electron chi connectivity index (χ0n) is 12.5. The van der Waals surface area contributed by atoms with E-state index in [9.17, 15) is 9.59 Å². The number of rotatable bonds is 4. The van der Waals surface area contributed by atoms with Crippen LogP contribution in [0, 0.1) is 0 Å². The molecule has 3 amide bonds. The van der Waals surface area contributed by atoms with E-state index in [0.29, 0.717) is 26.2 Å². The van der Waals surface area contributed by atoms with Gasteiger partial charge in [-0.25, -0.2) is 4.79 Å². The molecule has 7 nitrogen and oxygen atoms in total. The fourth-order valence-corrected chi connectivity index (χ4v) is 2.90. The van der Waals surface area contributed by atoms with Gasteiger partial charge in [-0.15, -0.1) is 0 Å². The van der Waals surface area contributed by atoms with E-state index in [0.717, 1.165) is 25.7 Å². The Bertz CT molecular complexity index is 358. The van der Waals surface area contributed by atoms with Gasteiger partial charge in [0.1, 0.15) is 0 Å². The number of hydrogen-bond acceptors (Lipinski definition) is 5. The SMILES string of the molecule is NCC1CN(CC(=O)NC(=O)NC2CCCCC2)CCO1. The van der Waals surface area contributed by atoms with Crippen molar-refractivity contribution in [2.45, 2.75) is 44.2 Å². The Hall–Kier alpha value is -1.18. The Morgan fingerprint density at radius 1 is 1.24 bits per heavy atom. The molecule has 1 aliphatic carbocycles. The van der Waals surface area contributed by atoms with Gasteiger partial charge in [0.05, 0.1) is 19.3 Å². The Kier molecular flexibility index (Phi) is 6.41. The van der Waals surface area contributed by atoms with Gasteiger partial charge in [0.15, 0.2) is 0 Å². The first-order valence-corrected chi connectivity index (χ1v) is 7.81. The van der Waals surface area contributed by atoms with Crippen LogP contribution in [0.25, 0.3) is 0 Å². The van der Waals surface area contributed by atoms with Crippen LogP contribution in [0.15, 0.2) is 0 Å². The number of nitrogens with one attached hydrogen (secondary N) is 2.